The van der Waals surface area contributed by atoms with Gasteiger partial charge in [-0.3, -0.25) is 29.3 Å². The zero-order chi connectivity index (χ0) is 25.7. The first-order valence-electron chi connectivity index (χ1n) is 9.45. The third-order valence-corrected chi connectivity index (χ3v) is 4.35. The Labute approximate surface area is 197 Å². The van der Waals surface area contributed by atoms with Crippen LogP contribution in [0.15, 0.2) is 35.1 Å². The van der Waals surface area contributed by atoms with Gasteiger partial charge in [0.15, 0.2) is 0 Å². The highest BCUT2D eigenvalue weighted by molar-refractivity contribution is 7.80. The number of non-ortho nitro benzene ring substituents is 1. The molecule has 1 aromatic heterocycles. The van der Waals surface area contributed by atoms with E-state index in [9.17, 15) is 29.3 Å². The number of amides is 2. The van der Waals surface area contributed by atoms with Crippen LogP contribution in [0.25, 0.3) is 11.3 Å². The van der Waals surface area contributed by atoms with Crippen molar-refractivity contribution in [2.75, 3.05) is 12.3 Å². The van der Waals surface area contributed by atoms with Crippen LogP contribution >= 0.6 is 12.6 Å². The van der Waals surface area contributed by atoms with Crippen molar-refractivity contribution in [2.45, 2.75) is 24.9 Å². The molecule has 15 nitrogen and oxygen atoms in total. The molecule has 1 aromatic carbocycles. The number of carboxylic acid groups (broad SMARTS) is 2. The predicted molar refractivity (Wildman–Crippen MR) is 118 cm³/mol. The largest absolute Gasteiger partial charge is 0.480 e. The molecule has 0 aliphatic carbocycles. The minimum Gasteiger partial charge on any atom is -0.480 e. The van der Waals surface area contributed by atoms with Crippen molar-refractivity contribution in [3.05, 3.63) is 40.6 Å². The van der Waals surface area contributed by atoms with E-state index in [0.29, 0.717) is 5.69 Å². The fourth-order valence-corrected chi connectivity index (χ4v) is 2.46. The van der Waals surface area contributed by atoms with E-state index in [4.69, 9.17) is 15.9 Å². The Morgan fingerprint density at radius 3 is 2.32 bits per heavy atom. The Morgan fingerprint density at radius 2 is 1.85 bits per heavy atom. The van der Waals surface area contributed by atoms with Gasteiger partial charge in [0.25, 0.3) is 5.69 Å². The number of hydrogen-bond donors (Lipinski definition) is 6. The minimum atomic E-state index is -1.22. The number of aromatic nitrogens is 2. The third kappa shape index (κ3) is 10.0. The van der Waals surface area contributed by atoms with Crippen LogP contribution in [0.1, 0.15) is 12.8 Å². The first-order valence-corrected chi connectivity index (χ1v) is 10.1. The molecule has 2 amide bonds. The van der Waals surface area contributed by atoms with Crippen LogP contribution in [0.5, 0.6) is 0 Å². The number of thiol groups is 1. The lowest BCUT2D eigenvalue weighted by Gasteiger charge is -2.16. The molecule has 0 unspecified atom stereocenters. The molecule has 0 saturated heterocycles. The number of aliphatic carboxylic acids is 2. The van der Waals surface area contributed by atoms with Gasteiger partial charge in [0.1, 0.15) is 24.3 Å². The van der Waals surface area contributed by atoms with Crippen molar-refractivity contribution in [1.82, 2.24) is 20.9 Å². The number of nitro benzene ring substituents is 1. The van der Waals surface area contributed by atoms with Crippen LogP contribution < -0.4 is 16.4 Å². The zero-order valence-electron chi connectivity index (χ0n) is 17.5. The Balaban J connectivity index is 0.000000358. The third-order valence-electron chi connectivity index (χ3n) is 3.98. The van der Waals surface area contributed by atoms with E-state index in [1.807, 2.05) is 0 Å². The predicted octanol–water partition coefficient (Wildman–Crippen LogP) is -0.561. The molecule has 2 aromatic rings. The van der Waals surface area contributed by atoms with Crippen LogP contribution in [0.3, 0.4) is 0 Å². The van der Waals surface area contributed by atoms with Crippen molar-refractivity contribution in [2.24, 2.45) is 5.73 Å². The van der Waals surface area contributed by atoms with Crippen molar-refractivity contribution < 1.29 is 38.9 Å². The van der Waals surface area contributed by atoms with E-state index in [-0.39, 0.29) is 24.3 Å². The highest BCUT2D eigenvalue weighted by Crippen LogP contribution is 2.19. The Kier molecular flexibility index (Phi) is 11.7. The van der Waals surface area contributed by atoms with Gasteiger partial charge in [0, 0.05) is 29.9 Å². The van der Waals surface area contributed by atoms with Crippen LogP contribution in [-0.4, -0.2) is 73.6 Å². The smallest absolute Gasteiger partial charge is 0.322 e. The molecule has 0 radical (unpaired) electrons. The standard InChI is InChI=1S/C10H17N3O6S.C8H5N3O3/c11-5(10(18)19)1-2-7(14)13-6(4-20)9(17)12-3-8(15)16;12-11(13)7-3-1-6(2-4-7)8-5-9-14-10-8/h5-6,20H,1-4,11H2,(H,12,17)(H,13,14)(H,15,16)(H,18,19);1-5H/t5-,6-;/m0./s1. The summed E-state index contributed by atoms with van der Waals surface area (Å²) < 4.78 is 4.41. The number of nitrogens with two attached hydrogens (primary N) is 1. The van der Waals surface area contributed by atoms with Crippen molar-refractivity contribution in [1.29, 1.82) is 0 Å². The quantitative estimate of drug-likeness (QED) is 0.130. The van der Waals surface area contributed by atoms with Gasteiger partial charge < -0.3 is 26.6 Å². The first kappa shape index (κ1) is 28.0. The van der Waals surface area contributed by atoms with Gasteiger partial charge in [-0.1, -0.05) is 5.16 Å². The fraction of sp³-hybridized carbons (Fsp3) is 0.333. The lowest BCUT2D eigenvalue weighted by Crippen LogP contribution is -2.49. The van der Waals surface area contributed by atoms with Gasteiger partial charge in [-0.05, 0) is 23.7 Å². The average molecular weight is 498 g/mol. The summed E-state index contributed by atoms with van der Waals surface area (Å²) >= 11 is 3.87. The summed E-state index contributed by atoms with van der Waals surface area (Å²) in [5.74, 6) is -3.70. The van der Waals surface area contributed by atoms with Crippen LogP contribution in [0.4, 0.5) is 5.69 Å². The SMILES string of the molecule is N[C@@H](CCC(=O)N[C@@H](CS)C(=O)NCC(=O)O)C(=O)O.O=[N+]([O-])c1ccc(-c2cnon2)cc1. The van der Waals surface area contributed by atoms with E-state index in [1.165, 1.54) is 18.3 Å². The summed E-state index contributed by atoms with van der Waals surface area (Å²) in [4.78, 5) is 53.6. The lowest BCUT2D eigenvalue weighted by atomic mass is 10.1. The van der Waals surface area contributed by atoms with E-state index < -0.39 is 47.3 Å². The summed E-state index contributed by atoms with van der Waals surface area (Å²) in [5.41, 5.74) is 6.56. The minimum absolute atomic E-state index is 0.0256. The molecule has 0 bridgehead atoms. The number of hydrogen-bond acceptors (Lipinski definition) is 11. The first-order chi connectivity index (χ1) is 16.0. The van der Waals surface area contributed by atoms with Gasteiger partial charge in [-0.25, -0.2) is 4.63 Å². The topological polar surface area (TPSA) is 241 Å². The Hall–Kier alpha value is -4.05. The summed E-state index contributed by atoms with van der Waals surface area (Å²) in [5, 5.41) is 38.8. The maximum absolute atomic E-state index is 11.5. The van der Waals surface area contributed by atoms with E-state index in [1.54, 1.807) is 12.1 Å². The zero-order valence-corrected chi connectivity index (χ0v) is 18.4. The van der Waals surface area contributed by atoms with Crippen LogP contribution in [0, 0.1) is 10.1 Å². The molecule has 0 fully saturated rings. The van der Waals surface area contributed by atoms with Gasteiger partial charge in [-0.2, -0.15) is 12.6 Å². The number of benzene rings is 1. The van der Waals surface area contributed by atoms with Gasteiger partial charge in [0.05, 0.1) is 11.1 Å². The Bertz CT molecular complexity index is 984. The summed E-state index contributed by atoms with van der Waals surface area (Å²) in [6.07, 6.45) is 1.21. The maximum Gasteiger partial charge on any atom is 0.322 e. The second-order valence-electron chi connectivity index (χ2n) is 6.49. The number of rotatable bonds is 11. The molecular formula is C18H22N6O9S. The number of nitrogens with zero attached hydrogens (tertiary/aromatic N) is 3. The van der Waals surface area contributed by atoms with Crippen molar-refractivity contribution in [3.8, 4) is 11.3 Å². The maximum atomic E-state index is 11.5. The molecule has 184 valence electrons. The molecule has 6 N–H and O–H groups in total. The molecule has 0 aliphatic rings. The highest BCUT2D eigenvalue weighted by atomic mass is 32.1. The summed E-state index contributed by atoms with van der Waals surface area (Å²) in [6, 6.07) is 3.85. The molecule has 2 atom stereocenters. The molecule has 0 saturated carbocycles. The number of carbonyl (C=O) groups is 4. The van der Waals surface area contributed by atoms with Gasteiger partial charge >= 0.3 is 11.9 Å². The molecular weight excluding hydrogens is 476 g/mol. The summed E-state index contributed by atoms with van der Waals surface area (Å²) in [6.45, 7) is -0.567. The van der Waals surface area contributed by atoms with E-state index in [2.05, 4.69) is 38.2 Å². The van der Waals surface area contributed by atoms with E-state index in [0.717, 1.165) is 5.56 Å². The van der Waals surface area contributed by atoms with Crippen molar-refractivity contribution in [3.63, 3.8) is 0 Å². The second kappa shape index (κ2) is 14.2. The highest BCUT2D eigenvalue weighted by Gasteiger charge is 2.21. The number of nitrogens with one attached hydrogen (secondary N) is 2. The monoisotopic (exact) mass is 498 g/mol. The Morgan fingerprint density at radius 1 is 1.21 bits per heavy atom. The molecule has 16 heteroatoms. The molecule has 2 rings (SSSR count). The molecule has 0 aliphatic heterocycles. The van der Waals surface area contributed by atoms with Gasteiger partial charge in [-0.15, -0.1) is 0 Å². The van der Waals surface area contributed by atoms with Gasteiger partial charge in [0.2, 0.25) is 11.8 Å². The lowest BCUT2D eigenvalue weighted by molar-refractivity contribution is -0.384. The van der Waals surface area contributed by atoms with Crippen LogP contribution in [0.2, 0.25) is 0 Å². The summed E-state index contributed by atoms with van der Waals surface area (Å²) in [7, 11) is 0. The number of nitro groups is 1. The van der Waals surface area contributed by atoms with Crippen LogP contribution in [-0.2, 0) is 19.2 Å². The van der Waals surface area contributed by atoms with Crippen molar-refractivity contribution >= 4 is 42.1 Å². The second-order valence-corrected chi connectivity index (χ2v) is 6.86. The average Bonchev–Trinajstić information content (AvgIpc) is 3.34. The number of carbonyl (C=O) groups excluding carboxylic acids is 2. The fourth-order valence-electron chi connectivity index (χ4n) is 2.20. The number of carboxylic acids is 2. The molecule has 34 heavy (non-hydrogen) atoms. The molecule has 1 heterocycles. The normalized spacial score (nSPS) is 11.8. The van der Waals surface area contributed by atoms with E-state index >= 15 is 0 Å². The molecule has 0 spiro atoms.